The normalized spacial score (nSPS) is 14.0. The van der Waals surface area contributed by atoms with Crippen molar-refractivity contribution in [2.24, 2.45) is 0 Å². The molecule has 1 heterocycles. The van der Waals surface area contributed by atoms with Crippen molar-refractivity contribution in [3.63, 3.8) is 0 Å². The van der Waals surface area contributed by atoms with Crippen molar-refractivity contribution >= 4 is 27.5 Å². The van der Waals surface area contributed by atoms with Crippen molar-refractivity contribution in [3.8, 4) is 0 Å². The van der Waals surface area contributed by atoms with Gasteiger partial charge in [-0.25, -0.2) is 0 Å². The van der Waals surface area contributed by atoms with E-state index in [9.17, 15) is 4.79 Å². The molecule has 23 heavy (non-hydrogen) atoms. The van der Waals surface area contributed by atoms with Crippen molar-refractivity contribution in [1.82, 2.24) is 5.32 Å². The first-order valence-electron chi connectivity index (χ1n) is 8.10. The lowest BCUT2D eigenvalue weighted by molar-refractivity contribution is 0.0954. The maximum atomic E-state index is 12.1. The minimum atomic E-state index is -0.0278. The van der Waals surface area contributed by atoms with Gasteiger partial charge in [0.05, 0.1) is 0 Å². The van der Waals surface area contributed by atoms with Crippen LogP contribution in [0.4, 0.5) is 5.69 Å². The summed E-state index contributed by atoms with van der Waals surface area (Å²) in [5.74, 6) is -0.0278. The number of carbonyl (C=O) groups is 1. The van der Waals surface area contributed by atoms with Crippen LogP contribution < -0.4 is 10.2 Å². The summed E-state index contributed by atoms with van der Waals surface area (Å²) in [5.41, 5.74) is 3.25. The summed E-state index contributed by atoms with van der Waals surface area (Å²) in [7, 11) is 0. The zero-order valence-corrected chi connectivity index (χ0v) is 14.7. The molecule has 0 saturated carbocycles. The summed E-state index contributed by atoms with van der Waals surface area (Å²) in [5, 5.41) is 2.97. The highest BCUT2D eigenvalue weighted by Gasteiger charge is 2.11. The lowest BCUT2D eigenvalue weighted by Gasteiger charge is -2.17. The molecule has 3 nitrogen and oxygen atoms in total. The third-order valence-corrected chi connectivity index (χ3v) is 4.69. The summed E-state index contributed by atoms with van der Waals surface area (Å²) in [6.45, 7) is 2.98. The summed E-state index contributed by atoms with van der Waals surface area (Å²) in [6, 6.07) is 16.2. The maximum Gasteiger partial charge on any atom is 0.251 e. The van der Waals surface area contributed by atoms with Crippen LogP contribution in [0.5, 0.6) is 0 Å². The molecule has 0 aliphatic carbocycles. The van der Waals surface area contributed by atoms with Gasteiger partial charge in [0.2, 0.25) is 0 Å². The number of nitrogens with one attached hydrogen (secondary N) is 1. The minimum Gasteiger partial charge on any atom is -0.372 e. The fraction of sp³-hybridized carbons (Fsp3) is 0.316. The Labute approximate surface area is 145 Å². The van der Waals surface area contributed by atoms with Crippen molar-refractivity contribution < 1.29 is 4.79 Å². The van der Waals surface area contributed by atoms with Crippen LogP contribution in [0.2, 0.25) is 0 Å². The second-order valence-corrected chi connectivity index (χ2v) is 6.79. The van der Waals surface area contributed by atoms with E-state index in [0.29, 0.717) is 12.1 Å². The van der Waals surface area contributed by atoms with E-state index >= 15 is 0 Å². The number of anilines is 1. The zero-order chi connectivity index (χ0) is 16.1. The summed E-state index contributed by atoms with van der Waals surface area (Å²) >= 11 is 3.39. The van der Waals surface area contributed by atoms with E-state index in [4.69, 9.17) is 0 Å². The van der Waals surface area contributed by atoms with Gasteiger partial charge < -0.3 is 10.2 Å². The molecule has 4 heteroatoms. The van der Waals surface area contributed by atoms with Crippen LogP contribution in [-0.4, -0.2) is 25.5 Å². The van der Waals surface area contributed by atoms with Gasteiger partial charge in [0, 0.05) is 35.4 Å². The number of benzene rings is 2. The van der Waals surface area contributed by atoms with E-state index in [1.54, 1.807) is 0 Å². The molecule has 3 rings (SSSR count). The second-order valence-electron chi connectivity index (χ2n) is 5.88. The number of carbonyl (C=O) groups excluding carboxylic acids is 1. The topological polar surface area (TPSA) is 32.3 Å². The molecule has 2 aromatic rings. The highest BCUT2D eigenvalue weighted by molar-refractivity contribution is 9.10. The molecule has 1 amide bonds. The Balaban J connectivity index is 1.49. The maximum absolute atomic E-state index is 12.1. The molecule has 0 unspecified atom stereocenters. The van der Waals surface area contributed by atoms with Gasteiger partial charge in [0.25, 0.3) is 5.91 Å². The Morgan fingerprint density at radius 1 is 1.09 bits per heavy atom. The number of nitrogens with zero attached hydrogens (tertiary/aromatic N) is 1. The standard InChI is InChI=1S/C19H21BrN2O/c20-17-5-3-4-16(14-17)19(23)21-11-10-15-6-8-18(9-7-15)22-12-1-2-13-22/h3-9,14H,1-2,10-13H2,(H,21,23). The van der Waals surface area contributed by atoms with Crippen LogP contribution in [0.25, 0.3) is 0 Å². The van der Waals surface area contributed by atoms with Gasteiger partial charge in [-0.1, -0.05) is 34.1 Å². The van der Waals surface area contributed by atoms with Gasteiger partial charge in [-0.3, -0.25) is 4.79 Å². The van der Waals surface area contributed by atoms with Crippen LogP contribution in [0, 0.1) is 0 Å². The minimum absolute atomic E-state index is 0.0278. The molecule has 1 aliphatic rings. The lowest BCUT2D eigenvalue weighted by atomic mass is 10.1. The predicted octanol–water partition coefficient (Wildman–Crippen LogP) is 4.02. The molecule has 1 N–H and O–H groups in total. The highest BCUT2D eigenvalue weighted by Crippen LogP contribution is 2.20. The zero-order valence-electron chi connectivity index (χ0n) is 13.1. The van der Waals surface area contributed by atoms with Crippen LogP contribution in [0.15, 0.2) is 53.0 Å². The first-order chi connectivity index (χ1) is 11.2. The molecule has 1 aliphatic heterocycles. The molecule has 0 spiro atoms. The molecule has 2 aromatic carbocycles. The number of hydrogen-bond acceptors (Lipinski definition) is 2. The molecule has 0 atom stereocenters. The Morgan fingerprint density at radius 3 is 2.52 bits per heavy atom. The van der Waals surface area contributed by atoms with Crippen molar-refractivity contribution in [2.75, 3.05) is 24.5 Å². The average Bonchev–Trinajstić information content (AvgIpc) is 3.10. The Morgan fingerprint density at radius 2 is 1.83 bits per heavy atom. The smallest absolute Gasteiger partial charge is 0.251 e. The van der Waals surface area contributed by atoms with Crippen LogP contribution in [-0.2, 0) is 6.42 Å². The van der Waals surface area contributed by atoms with Crippen LogP contribution >= 0.6 is 15.9 Å². The number of rotatable bonds is 5. The quantitative estimate of drug-likeness (QED) is 0.859. The van der Waals surface area contributed by atoms with Gasteiger partial charge in [-0.2, -0.15) is 0 Å². The molecule has 1 saturated heterocycles. The summed E-state index contributed by atoms with van der Waals surface area (Å²) in [6.07, 6.45) is 3.44. The van der Waals surface area contributed by atoms with E-state index in [1.165, 1.54) is 37.2 Å². The first kappa shape index (κ1) is 16.1. The third-order valence-electron chi connectivity index (χ3n) is 4.19. The Bertz CT molecular complexity index is 663. The van der Waals surface area contributed by atoms with Gasteiger partial charge in [0.15, 0.2) is 0 Å². The monoisotopic (exact) mass is 372 g/mol. The Kier molecular flexibility index (Phi) is 5.34. The predicted molar refractivity (Wildman–Crippen MR) is 98.1 cm³/mol. The molecule has 0 bridgehead atoms. The second kappa shape index (κ2) is 7.64. The Hall–Kier alpha value is -1.81. The van der Waals surface area contributed by atoms with E-state index in [2.05, 4.69) is 50.4 Å². The SMILES string of the molecule is O=C(NCCc1ccc(N2CCCC2)cc1)c1cccc(Br)c1. The number of hydrogen-bond donors (Lipinski definition) is 1. The van der Waals surface area contributed by atoms with Crippen molar-refractivity contribution in [3.05, 3.63) is 64.1 Å². The van der Waals surface area contributed by atoms with Crippen LogP contribution in [0.3, 0.4) is 0 Å². The third kappa shape index (κ3) is 4.35. The van der Waals surface area contributed by atoms with E-state index in [-0.39, 0.29) is 5.91 Å². The molecule has 0 aromatic heterocycles. The lowest BCUT2D eigenvalue weighted by Crippen LogP contribution is -2.25. The molecular weight excluding hydrogens is 352 g/mol. The van der Waals surface area contributed by atoms with Gasteiger partial charge in [0.1, 0.15) is 0 Å². The van der Waals surface area contributed by atoms with Gasteiger partial charge >= 0.3 is 0 Å². The highest BCUT2D eigenvalue weighted by atomic mass is 79.9. The molecular formula is C19H21BrN2O. The largest absolute Gasteiger partial charge is 0.372 e. The first-order valence-corrected chi connectivity index (χ1v) is 8.89. The molecule has 0 radical (unpaired) electrons. The van der Waals surface area contributed by atoms with E-state index in [1.807, 2.05) is 24.3 Å². The fourth-order valence-corrected chi connectivity index (χ4v) is 3.30. The molecule has 120 valence electrons. The molecule has 1 fully saturated rings. The summed E-state index contributed by atoms with van der Waals surface area (Å²) in [4.78, 5) is 14.5. The van der Waals surface area contributed by atoms with E-state index in [0.717, 1.165) is 10.9 Å². The number of halogens is 1. The fourth-order valence-electron chi connectivity index (χ4n) is 2.90. The van der Waals surface area contributed by atoms with Gasteiger partial charge in [-0.05, 0) is 55.2 Å². The van der Waals surface area contributed by atoms with Crippen LogP contribution in [0.1, 0.15) is 28.8 Å². The van der Waals surface area contributed by atoms with Crippen molar-refractivity contribution in [2.45, 2.75) is 19.3 Å². The van der Waals surface area contributed by atoms with Gasteiger partial charge in [-0.15, -0.1) is 0 Å². The summed E-state index contributed by atoms with van der Waals surface area (Å²) < 4.78 is 0.919. The van der Waals surface area contributed by atoms with E-state index < -0.39 is 0 Å². The number of amides is 1. The van der Waals surface area contributed by atoms with Crippen molar-refractivity contribution in [1.29, 1.82) is 0 Å². The average molecular weight is 373 g/mol.